The molecule has 3 heterocycles. The number of hydrogen-bond acceptors (Lipinski definition) is 10. The average Bonchev–Trinajstić information content (AvgIpc) is 3.42. The normalized spacial score (nSPS) is 18.5. The average molecular weight is 574 g/mol. The fraction of sp³-hybridized carbons (Fsp3) is 0.179. The van der Waals surface area contributed by atoms with E-state index in [1.165, 1.54) is 23.8 Å². The molecule has 0 radical (unpaired) electrons. The Morgan fingerprint density at radius 2 is 1.82 bits per heavy atom. The zero-order valence-corrected chi connectivity index (χ0v) is 22.8. The van der Waals surface area contributed by atoms with Gasteiger partial charge in [-0.25, -0.2) is 9.78 Å². The van der Waals surface area contributed by atoms with Crippen molar-refractivity contribution < 1.29 is 24.0 Å². The fourth-order valence-corrected chi connectivity index (χ4v) is 6.21. The highest BCUT2D eigenvalue weighted by Gasteiger charge is 2.55. The monoisotopic (exact) mass is 573 g/mol. The van der Waals surface area contributed by atoms with Crippen LogP contribution in [-0.2, 0) is 24.0 Å². The number of oxime groups is 1. The summed E-state index contributed by atoms with van der Waals surface area (Å²) in [5, 5.41) is 7.67. The van der Waals surface area contributed by atoms with Crippen LogP contribution in [0.15, 0.2) is 82.5 Å². The number of hydrogen-bond donors (Lipinski definition) is 2. The minimum atomic E-state index is -0.934. The SMILES string of the molecule is C#CC1=C(C(=O)OC(c2ccccc2)c2ccccc2)N2C(=O)C(NC(=O)C(=NOC)c3csc(N)n3)[C@H]2SC1. The number of nitrogens with two attached hydrogens (primary N) is 1. The van der Waals surface area contributed by atoms with E-state index in [1.807, 2.05) is 60.7 Å². The number of amides is 2. The molecule has 1 saturated heterocycles. The van der Waals surface area contributed by atoms with Crippen LogP contribution in [0.2, 0.25) is 0 Å². The molecule has 0 aliphatic carbocycles. The Morgan fingerprint density at radius 1 is 1.18 bits per heavy atom. The summed E-state index contributed by atoms with van der Waals surface area (Å²) in [5.41, 5.74) is 7.64. The zero-order chi connectivity index (χ0) is 28.2. The number of aromatic nitrogens is 1. The van der Waals surface area contributed by atoms with Crippen molar-refractivity contribution in [2.45, 2.75) is 17.5 Å². The Kier molecular flexibility index (Phi) is 7.86. The van der Waals surface area contributed by atoms with Gasteiger partial charge in [0.05, 0.1) is 0 Å². The van der Waals surface area contributed by atoms with Crippen LogP contribution < -0.4 is 11.1 Å². The topological polar surface area (TPSA) is 136 Å². The number of terminal acetylenes is 1. The summed E-state index contributed by atoms with van der Waals surface area (Å²) < 4.78 is 6.00. The number of fused-ring (bicyclic) bond motifs is 1. The standard InChI is InChI=1S/C28H23N5O5S2/c1-3-16-14-39-26-21(31-24(34)20(32-37-2)19-15-40-28(29)30-19)25(35)33(26)22(16)27(36)38-23(17-10-6-4-7-11-17)18-12-8-5-9-13-18/h1,4-13,15,21,23,26H,14H2,2H3,(H2,29,30)(H,31,34)/t21?,26-/m1/s1. The van der Waals surface area contributed by atoms with Crippen LogP contribution in [0.1, 0.15) is 22.9 Å². The minimum absolute atomic E-state index is 0.00309. The molecule has 2 aliphatic heterocycles. The molecular weight excluding hydrogens is 550 g/mol. The Hall–Kier alpha value is -4.60. The van der Waals surface area contributed by atoms with E-state index >= 15 is 0 Å². The van der Waals surface area contributed by atoms with E-state index in [9.17, 15) is 14.4 Å². The molecule has 12 heteroatoms. The molecule has 3 aromatic rings. The highest BCUT2D eigenvalue weighted by Crippen LogP contribution is 2.41. The Bertz CT molecular complexity index is 1510. The third-order valence-corrected chi connectivity index (χ3v) is 8.17. The van der Waals surface area contributed by atoms with Gasteiger partial charge < -0.3 is 20.6 Å². The van der Waals surface area contributed by atoms with Crippen molar-refractivity contribution in [3.63, 3.8) is 0 Å². The van der Waals surface area contributed by atoms with Gasteiger partial charge in [-0.15, -0.1) is 29.5 Å². The van der Waals surface area contributed by atoms with Crippen LogP contribution in [-0.4, -0.2) is 57.7 Å². The number of esters is 1. The van der Waals surface area contributed by atoms with Gasteiger partial charge in [0, 0.05) is 16.7 Å². The van der Waals surface area contributed by atoms with Crippen LogP contribution >= 0.6 is 23.1 Å². The molecule has 0 saturated carbocycles. The zero-order valence-electron chi connectivity index (χ0n) is 21.1. The number of nitrogens with one attached hydrogen (secondary N) is 1. The first-order valence-corrected chi connectivity index (χ1v) is 13.9. The molecule has 5 rings (SSSR count). The van der Waals surface area contributed by atoms with E-state index in [1.54, 1.807) is 5.38 Å². The van der Waals surface area contributed by atoms with Crippen molar-refractivity contribution in [2.24, 2.45) is 5.16 Å². The van der Waals surface area contributed by atoms with Gasteiger partial charge in [0.15, 0.2) is 16.9 Å². The minimum Gasteiger partial charge on any atom is -0.448 e. The predicted molar refractivity (Wildman–Crippen MR) is 152 cm³/mol. The molecule has 202 valence electrons. The van der Waals surface area contributed by atoms with E-state index in [-0.39, 0.29) is 28.0 Å². The molecule has 2 amide bonds. The van der Waals surface area contributed by atoms with Gasteiger partial charge in [-0.05, 0) is 11.1 Å². The highest BCUT2D eigenvalue weighted by atomic mass is 32.2. The van der Waals surface area contributed by atoms with Crippen LogP contribution in [0.3, 0.4) is 0 Å². The third kappa shape index (κ3) is 5.16. The van der Waals surface area contributed by atoms with E-state index in [0.29, 0.717) is 5.57 Å². The maximum atomic E-state index is 13.6. The lowest BCUT2D eigenvalue weighted by Crippen LogP contribution is -2.71. The van der Waals surface area contributed by atoms with E-state index in [0.717, 1.165) is 22.5 Å². The maximum Gasteiger partial charge on any atom is 0.357 e. The number of ether oxygens (including phenoxy) is 1. The van der Waals surface area contributed by atoms with Crippen LogP contribution in [0.25, 0.3) is 0 Å². The number of benzene rings is 2. The number of β-lactam (4-membered cyclic amide) rings is 1. The van der Waals surface area contributed by atoms with E-state index < -0.39 is 35.3 Å². The summed E-state index contributed by atoms with van der Waals surface area (Å²) in [6.07, 6.45) is 5.01. The predicted octanol–water partition coefficient (Wildman–Crippen LogP) is 2.70. The summed E-state index contributed by atoms with van der Waals surface area (Å²) in [6.45, 7) is 0. The molecule has 40 heavy (non-hydrogen) atoms. The van der Waals surface area contributed by atoms with E-state index in [4.69, 9.17) is 21.7 Å². The van der Waals surface area contributed by atoms with Crippen LogP contribution in [0.4, 0.5) is 5.13 Å². The molecule has 1 fully saturated rings. The molecule has 3 N–H and O–H groups in total. The molecule has 10 nitrogen and oxygen atoms in total. The molecule has 2 aromatic carbocycles. The van der Waals surface area contributed by atoms with Crippen molar-refractivity contribution >= 4 is 51.7 Å². The van der Waals surface area contributed by atoms with Crippen LogP contribution in [0.5, 0.6) is 0 Å². The first kappa shape index (κ1) is 27.0. The van der Waals surface area contributed by atoms with Crippen molar-refractivity contribution in [3.8, 4) is 12.3 Å². The first-order valence-electron chi connectivity index (χ1n) is 12.0. The summed E-state index contributed by atoms with van der Waals surface area (Å²) in [6, 6.07) is 17.6. The van der Waals surface area contributed by atoms with Gasteiger partial charge in [-0.3, -0.25) is 14.5 Å². The summed E-state index contributed by atoms with van der Waals surface area (Å²) in [4.78, 5) is 50.2. The van der Waals surface area contributed by atoms with Crippen molar-refractivity contribution in [3.05, 3.63) is 94.1 Å². The highest BCUT2D eigenvalue weighted by molar-refractivity contribution is 8.00. The first-order chi connectivity index (χ1) is 19.4. The van der Waals surface area contributed by atoms with Crippen molar-refractivity contribution in [2.75, 3.05) is 18.6 Å². The summed E-state index contributed by atoms with van der Waals surface area (Å²) in [5.74, 6) is 0.909. The molecule has 1 aromatic heterocycles. The molecule has 1 unspecified atom stereocenters. The quantitative estimate of drug-likeness (QED) is 0.138. The van der Waals surface area contributed by atoms with Gasteiger partial charge in [0.25, 0.3) is 11.8 Å². The lowest BCUT2D eigenvalue weighted by molar-refractivity contribution is -0.154. The second-order valence-electron chi connectivity index (χ2n) is 8.63. The smallest absolute Gasteiger partial charge is 0.357 e. The fourth-order valence-electron chi connectivity index (χ4n) is 4.37. The molecule has 0 bridgehead atoms. The molecule has 2 atom stereocenters. The van der Waals surface area contributed by atoms with Gasteiger partial charge >= 0.3 is 5.97 Å². The van der Waals surface area contributed by atoms with Crippen molar-refractivity contribution in [1.82, 2.24) is 15.2 Å². The maximum absolute atomic E-state index is 13.6. The number of rotatable bonds is 8. The van der Waals surface area contributed by atoms with Crippen molar-refractivity contribution in [1.29, 1.82) is 0 Å². The second-order valence-corrected chi connectivity index (χ2v) is 10.6. The summed E-state index contributed by atoms with van der Waals surface area (Å²) >= 11 is 2.47. The lowest BCUT2D eigenvalue weighted by atomic mass is 10.0. The number of carbonyl (C=O) groups excluding carboxylic acids is 3. The lowest BCUT2D eigenvalue weighted by Gasteiger charge is -2.49. The molecule has 0 spiro atoms. The molecular formula is C28H23N5O5S2. The van der Waals surface area contributed by atoms with Gasteiger partial charge in [-0.1, -0.05) is 71.7 Å². The van der Waals surface area contributed by atoms with Gasteiger partial charge in [0.1, 0.15) is 29.9 Å². The number of thioether (sulfide) groups is 1. The number of thiazole rings is 1. The number of nitrogen functional groups attached to an aromatic ring is 1. The number of carbonyl (C=O) groups is 3. The van der Waals surface area contributed by atoms with Gasteiger partial charge in [-0.2, -0.15) is 0 Å². The summed E-state index contributed by atoms with van der Waals surface area (Å²) in [7, 11) is 1.29. The Labute approximate surface area is 238 Å². The number of anilines is 1. The van der Waals surface area contributed by atoms with E-state index in [2.05, 4.69) is 21.4 Å². The van der Waals surface area contributed by atoms with Crippen LogP contribution in [0, 0.1) is 12.3 Å². The Morgan fingerprint density at radius 3 is 2.38 bits per heavy atom. The Balaban J connectivity index is 1.38. The largest absolute Gasteiger partial charge is 0.448 e. The molecule has 2 aliphatic rings. The second kappa shape index (κ2) is 11.6. The number of nitrogens with zero attached hydrogens (tertiary/aromatic N) is 3. The van der Waals surface area contributed by atoms with Gasteiger partial charge in [0.2, 0.25) is 0 Å². The third-order valence-electron chi connectivity index (χ3n) is 6.21.